The fourth-order valence-electron chi connectivity index (χ4n) is 3.93. The van der Waals surface area contributed by atoms with E-state index in [1.165, 1.54) is 71.9 Å². The third-order valence-electron chi connectivity index (χ3n) is 5.80. The molecule has 2 N–H and O–H groups in total. The van der Waals surface area contributed by atoms with E-state index in [0.29, 0.717) is 5.92 Å². The molecule has 0 spiro atoms. The number of rotatable bonds is 2. The van der Waals surface area contributed by atoms with Gasteiger partial charge in [-0.05, 0) is 86.8 Å². The van der Waals surface area contributed by atoms with E-state index in [1.807, 2.05) is 0 Å². The SMILES string of the molecule is Cc1c(C)c(C)c(C(N)C2CCCCCC2)c(C)c1C. The largest absolute Gasteiger partial charge is 0.324 e. The van der Waals surface area contributed by atoms with E-state index in [0.717, 1.165) is 0 Å². The van der Waals surface area contributed by atoms with Crippen molar-refractivity contribution in [3.8, 4) is 0 Å². The van der Waals surface area contributed by atoms with Crippen molar-refractivity contribution in [2.24, 2.45) is 11.7 Å². The first kappa shape index (κ1) is 15.6. The highest BCUT2D eigenvalue weighted by Gasteiger charge is 2.25. The van der Waals surface area contributed by atoms with Gasteiger partial charge >= 0.3 is 0 Å². The van der Waals surface area contributed by atoms with Crippen molar-refractivity contribution >= 4 is 0 Å². The molecule has 1 fully saturated rings. The third kappa shape index (κ3) is 2.79. The van der Waals surface area contributed by atoms with E-state index in [4.69, 9.17) is 5.73 Å². The Bertz CT molecular complexity index is 450. The first-order chi connectivity index (χ1) is 9.45. The van der Waals surface area contributed by atoms with E-state index < -0.39 is 0 Å². The highest BCUT2D eigenvalue weighted by atomic mass is 14.7. The molecular weight excluding hydrogens is 242 g/mol. The van der Waals surface area contributed by atoms with E-state index in [-0.39, 0.29) is 6.04 Å². The fourth-order valence-corrected chi connectivity index (χ4v) is 3.93. The summed E-state index contributed by atoms with van der Waals surface area (Å²) < 4.78 is 0. The van der Waals surface area contributed by atoms with Crippen LogP contribution in [0, 0.1) is 40.5 Å². The molecule has 112 valence electrons. The van der Waals surface area contributed by atoms with Gasteiger partial charge in [0.25, 0.3) is 0 Å². The molecule has 1 atom stereocenters. The molecule has 2 rings (SSSR count). The summed E-state index contributed by atoms with van der Waals surface area (Å²) in [6.45, 7) is 11.3. The smallest absolute Gasteiger partial charge is 0.0328 e. The predicted molar refractivity (Wildman–Crippen MR) is 88.2 cm³/mol. The minimum atomic E-state index is 0.228. The van der Waals surface area contributed by atoms with Gasteiger partial charge in [-0.1, -0.05) is 25.7 Å². The summed E-state index contributed by atoms with van der Waals surface area (Å²) in [5.74, 6) is 0.677. The minimum absolute atomic E-state index is 0.228. The molecule has 0 saturated heterocycles. The lowest BCUT2D eigenvalue weighted by molar-refractivity contribution is 0.380. The molecule has 1 aromatic carbocycles. The quantitative estimate of drug-likeness (QED) is 0.736. The molecule has 1 aliphatic rings. The summed E-state index contributed by atoms with van der Waals surface area (Å²) >= 11 is 0. The molecule has 0 aromatic heterocycles. The van der Waals surface area contributed by atoms with Crippen LogP contribution in [0.25, 0.3) is 0 Å². The summed E-state index contributed by atoms with van der Waals surface area (Å²) in [6, 6.07) is 0.228. The standard InChI is InChI=1S/C19H31N/c1-12-13(2)15(4)18(16(5)14(12)3)19(20)17-10-8-6-7-9-11-17/h17,19H,6-11,20H2,1-5H3. The Morgan fingerprint density at radius 1 is 0.700 bits per heavy atom. The second-order valence-electron chi connectivity index (χ2n) is 6.82. The molecule has 0 bridgehead atoms. The van der Waals surface area contributed by atoms with Gasteiger partial charge in [0.15, 0.2) is 0 Å². The van der Waals surface area contributed by atoms with Crippen LogP contribution in [0.2, 0.25) is 0 Å². The Balaban J connectivity index is 2.41. The Morgan fingerprint density at radius 2 is 1.10 bits per heavy atom. The van der Waals surface area contributed by atoms with Gasteiger partial charge in [-0.15, -0.1) is 0 Å². The molecule has 1 aromatic rings. The van der Waals surface area contributed by atoms with Crippen molar-refractivity contribution in [3.63, 3.8) is 0 Å². The van der Waals surface area contributed by atoms with Gasteiger partial charge < -0.3 is 5.73 Å². The molecule has 1 heteroatoms. The maximum Gasteiger partial charge on any atom is 0.0328 e. The zero-order chi connectivity index (χ0) is 14.9. The summed E-state index contributed by atoms with van der Waals surface area (Å²) in [4.78, 5) is 0. The van der Waals surface area contributed by atoms with Crippen molar-refractivity contribution in [2.45, 2.75) is 79.2 Å². The van der Waals surface area contributed by atoms with Gasteiger partial charge in [-0.2, -0.15) is 0 Å². The Morgan fingerprint density at radius 3 is 1.55 bits per heavy atom. The van der Waals surface area contributed by atoms with Crippen LogP contribution >= 0.6 is 0 Å². The molecule has 1 aliphatic carbocycles. The summed E-state index contributed by atoms with van der Waals surface area (Å²) in [7, 11) is 0. The molecule has 0 aliphatic heterocycles. The predicted octanol–water partition coefficient (Wildman–Crippen LogP) is 5.20. The van der Waals surface area contributed by atoms with Crippen LogP contribution in [0.3, 0.4) is 0 Å². The number of benzene rings is 1. The highest BCUT2D eigenvalue weighted by molar-refractivity contribution is 5.50. The van der Waals surface area contributed by atoms with Crippen molar-refractivity contribution < 1.29 is 0 Å². The summed E-state index contributed by atoms with van der Waals surface area (Å²) in [6.07, 6.45) is 8.14. The van der Waals surface area contributed by atoms with Crippen LogP contribution in [0.5, 0.6) is 0 Å². The molecule has 0 amide bonds. The average Bonchev–Trinajstić information content (AvgIpc) is 2.72. The lowest BCUT2D eigenvalue weighted by atomic mass is 9.80. The van der Waals surface area contributed by atoms with Crippen LogP contribution in [0.15, 0.2) is 0 Å². The zero-order valence-corrected chi connectivity index (χ0v) is 14.0. The lowest BCUT2D eigenvalue weighted by Crippen LogP contribution is -2.24. The lowest BCUT2D eigenvalue weighted by Gasteiger charge is -2.28. The van der Waals surface area contributed by atoms with Crippen molar-refractivity contribution in [2.75, 3.05) is 0 Å². The van der Waals surface area contributed by atoms with Crippen molar-refractivity contribution in [1.29, 1.82) is 0 Å². The van der Waals surface area contributed by atoms with Gasteiger partial charge in [0.05, 0.1) is 0 Å². The molecule has 20 heavy (non-hydrogen) atoms. The van der Waals surface area contributed by atoms with Gasteiger partial charge in [0.1, 0.15) is 0 Å². The van der Waals surface area contributed by atoms with Crippen LogP contribution in [0.4, 0.5) is 0 Å². The van der Waals surface area contributed by atoms with Gasteiger partial charge in [0, 0.05) is 6.04 Å². The molecule has 0 radical (unpaired) electrons. The maximum absolute atomic E-state index is 6.73. The van der Waals surface area contributed by atoms with Crippen molar-refractivity contribution in [3.05, 3.63) is 33.4 Å². The topological polar surface area (TPSA) is 26.0 Å². The molecule has 1 nitrogen and oxygen atoms in total. The van der Waals surface area contributed by atoms with E-state index in [2.05, 4.69) is 34.6 Å². The van der Waals surface area contributed by atoms with Crippen LogP contribution < -0.4 is 5.73 Å². The first-order valence-corrected chi connectivity index (χ1v) is 8.27. The van der Waals surface area contributed by atoms with E-state index >= 15 is 0 Å². The summed E-state index contributed by atoms with van der Waals surface area (Å²) in [5.41, 5.74) is 15.4. The second kappa shape index (κ2) is 6.30. The Hall–Kier alpha value is -0.820. The average molecular weight is 273 g/mol. The monoisotopic (exact) mass is 273 g/mol. The maximum atomic E-state index is 6.73. The number of hydrogen-bond donors (Lipinski definition) is 1. The fraction of sp³-hybridized carbons (Fsp3) is 0.684. The molecular formula is C19H31N. The molecule has 1 saturated carbocycles. The minimum Gasteiger partial charge on any atom is -0.324 e. The van der Waals surface area contributed by atoms with Gasteiger partial charge in [-0.25, -0.2) is 0 Å². The highest BCUT2D eigenvalue weighted by Crippen LogP contribution is 2.37. The van der Waals surface area contributed by atoms with Crippen LogP contribution in [-0.4, -0.2) is 0 Å². The van der Waals surface area contributed by atoms with Gasteiger partial charge in [-0.3, -0.25) is 0 Å². The number of hydrogen-bond acceptors (Lipinski definition) is 1. The van der Waals surface area contributed by atoms with Gasteiger partial charge in [0.2, 0.25) is 0 Å². The van der Waals surface area contributed by atoms with E-state index in [9.17, 15) is 0 Å². The second-order valence-corrected chi connectivity index (χ2v) is 6.82. The molecule has 0 heterocycles. The first-order valence-electron chi connectivity index (χ1n) is 8.27. The summed E-state index contributed by atoms with van der Waals surface area (Å²) in [5, 5.41) is 0. The number of nitrogens with two attached hydrogens (primary N) is 1. The van der Waals surface area contributed by atoms with E-state index in [1.54, 1.807) is 0 Å². The molecule has 1 unspecified atom stereocenters. The Kier molecular flexibility index (Phi) is 4.90. The van der Waals surface area contributed by atoms with Crippen LogP contribution in [0.1, 0.15) is 77.9 Å². The normalized spacial score (nSPS) is 18.9. The van der Waals surface area contributed by atoms with Crippen LogP contribution in [-0.2, 0) is 0 Å². The zero-order valence-electron chi connectivity index (χ0n) is 14.0. The van der Waals surface area contributed by atoms with Crippen molar-refractivity contribution in [1.82, 2.24) is 0 Å². The third-order valence-corrected chi connectivity index (χ3v) is 5.80. The Labute approximate surface area is 125 Å².